The number of amides is 1. The zero-order valence-corrected chi connectivity index (χ0v) is 15.0. The van der Waals surface area contributed by atoms with E-state index in [0.29, 0.717) is 17.7 Å². The Hall–Kier alpha value is -1.59. The van der Waals surface area contributed by atoms with E-state index in [4.69, 9.17) is 0 Å². The number of hydrogen-bond donors (Lipinski definition) is 1. The quantitative estimate of drug-likeness (QED) is 0.893. The van der Waals surface area contributed by atoms with Crippen molar-refractivity contribution in [2.45, 2.75) is 38.3 Å². The Morgan fingerprint density at radius 2 is 1.96 bits per heavy atom. The summed E-state index contributed by atoms with van der Waals surface area (Å²) in [4.78, 5) is 19.0. The summed E-state index contributed by atoms with van der Waals surface area (Å²) < 4.78 is 0. The highest BCUT2D eigenvalue weighted by Crippen LogP contribution is 2.39. The molecule has 3 aliphatic rings. The summed E-state index contributed by atoms with van der Waals surface area (Å²) in [7, 11) is 0. The van der Waals surface area contributed by atoms with Crippen molar-refractivity contribution in [3.8, 4) is 0 Å². The van der Waals surface area contributed by atoms with Crippen LogP contribution in [0.25, 0.3) is 0 Å². The van der Waals surface area contributed by atoms with Gasteiger partial charge in [-0.2, -0.15) is 13.5 Å². The second kappa shape index (κ2) is 7.11. The largest absolute Gasteiger partial charge is 0.346 e. The topological polar surface area (TPSA) is 44.7 Å². The van der Waals surface area contributed by atoms with Crippen molar-refractivity contribution in [2.24, 2.45) is 10.9 Å². The van der Waals surface area contributed by atoms with Crippen LogP contribution in [0, 0.1) is 5.92 Å². The molecule has 2 heterocycles. The molecule has 1 saturated carbocycles. The fourth-order valence-corrected chi connectivity index (χ4v) is 3.42. The van der Waals surface area contributed by atoms with Gasteiger partial charge in [0, 0.05) is 31.8 Å². The molecule has 4 nitrogen and oxygen atoms in total. The van der Waals surface area contributed by atoms with Crippen molar-refractivity contribution < 1.29 is 4.79 Å². The van der Waals surface area contributed by atoms with Crippen LogP contribution in [-0.4, -0.2) is 35.7 Å². The molecule has 2 aliphatic heterocycles. The second-order valence-electron chi connectivity index (χ2n) is 6.94. The summed E-state index contributed by atoms with van der Waals surface area (Å²) in [5.41, 5.74) is 3.38. The molecule has 5 heteroatoms. The van der Waals surface area contributed by atoms with Gasteiger partial charge >= 0.3 is 0 Å². The van der Waals surface area contributed by atoms with Gasteiger partial charge in [-0.25, -0.2) is 0 Å². The molecule has 0 aromatic heterocycles. The molecule has 0 bridgehead atoms. The summed E-state index contributed by atoms with van der Waals surface area (Å²) in [6, 6.07) is 11.2. The summed E-state index contributed by atoms with van der Waals surface area (Å²) in [5, 5.41) is 3.13. The number of allylic oxidation sites excluding steroid dienone is 1. The molecule has 4 rings (SSSR count). The summed E-state index contributed by atoms with van der Waals surface area (Å²) in [5.74, 6) is 0.726. The standard InChI is InChI=1S/C19H23N3O.H2S/c1-13(14-5-3-2-4-6-14)22-11-17(12-22)21-19(23)18-9-16(10-20-18)15-7-8-15;/h2-6,10,13,15,17H,7-9,11-12H2,1H3,(H,21,23);1H2/t13-;/m0./s1. The highest BCUT2D eigenvalue weighted by atomic mass is 32.1. The number of hydrogen-bond acceptors (Lipinski definition) is 3. The van der Waals surface area contributed by atoms with Crippen LogP contribution in [0.1, 0.15) is 37.8 Å². The molecule has 1 amide bonds. The average Bonchev–Trinajstić information content (AvgIpc) is 3.27. The molecule has 1 N–H and O–H groups in total. The van der Waals surface area contributed by atoms with Gasteiger partial charge in [0.1, 0.15) is 5.71 Å². The van der Waals surface area contributed by atoms with Crippen LogP contribution >= 0.6 is 13.5 Å². The van der Waals surface area contributed by atoms with Crippen molar-refractivity contribution >= 4 is 25.1 Å². The number of aliphatic imine (C=N–C) groups is 1. The Labute approximate surface area is 150 Å². The van der Waals surface area contributed by atoms with Gasteiger partial charge in [-0.05, 0) is 36.8 Å². The van der Waals surface area contributed by atoms with E-state index in [0.717, 1.165) is 19.5 Å². The zero-order valence-electron chi connectivity index (χ0n) is 14.0. The Morgan fingerprint density at radius 3 is 2.62 bits per heavy atom. The SMILES string of the molecule is C[C@@H](c1ccccc1)N1CC(NC(=O)C2=NC=C(C3CC3)C2)C1.S. The Morgan fingerprint density at radius 1 is 1.25 bits per heavy atom. The van der Waals surface area contributed by atoms with E-state index in [2.05, 4.69) is 46.4 Å². The third-order valence-electron chi connectivity index (χ3n) is 5.20. The molecule has 1 atom stereocenters. The van der Waals surface area contributed by atoms with Crippen LogP contribution in [0.5, 0.6) is 0 Å². The Bertz CT molecular complexity index is 660. The van der Waals surface area contributed by atoms with Crippen LogP contribution in [0.2, 0.25) is 0 Å². The Kier molecular flexibility index (Phi) is 5.11. The van der Waals surface area contributed by atoms with Crippen LogP contribution in [0.15, 0.2) is 47.1 Å². The molecule has 1 aromatic carbocycles. The minimum Gasteiger partial charge on any atom is -0.346 e. The number of nitrogens with zero attached hydrogens (tertiary/aromatic N) is 2. The van der Waals surface area contributed by atoms with Crippen molar-refractivity contribution in [1.82, 2.24) is 10.2 Å². The monoisotopic (exact) mass is 343 g/mol. The lowest BCUT2D eigenvalue weighted by Crippen LogP contribution is -2.60. The average molecular weight is 343 g/mol. The van der Waals surface area contributed by atoms with Crippen LogP contribution in [0.3, 0.4) is 0 Å². The third kappa shape index (κ3) is 3.57. The van der Waals surface area contributed by atoms with Gasteiger partial charge in [-0.3, -0.25) is 14.7 Å². The number of rotatable bonds is 5. The van der Waals surface area contributed by atoms with E-state index in [1.54, 1.807) is 0 Å². The number of carbonyl (C=O) groups excluding carboxylic acids is 1. The molecular weight excluding hydrogens is 318 g/mol. The van der Waals surface area contributed by atoms with Gasteiger partial charge < -0.3 is 5.32 Å². The predicted molar refractivity (Wildman–Crippen MR) is 102 cm³/mol. The fraction of sp³-hybridized carbons (Fsp3) is 0.474. The number of benzene rings is 1. The number of nitrogens with one attached hydrogen (secondary N) is 1. The second-order valence-corrected chi connectivity index (χ2v) is 6.94. The van der Waals surface area contributed by atoms with Gasteiger partial charge in [0.25, 0.3) is 5.91 Å². The van der Waals surface area contributed by atoms with Crippen molar-refractivity contribution in [1.29, 1.82) is 0 Å². The molecule has 1 saturated heterocycles. The molecule has 24 heavy (non-hydrogen) atoms. The smallest absolute Gasteiger partial charge is 0.266 e. The first-order chi connectivity index (χ1) is 11.2. The lowest BCUT2D eigenvalue weighted by molar-refractivity contribution is -0.116. The zero-order chi connectivity index (χ0) is 15.8. The van der Waals surface area contributed by atoms with Crippen LogP contribution in [-0.2, 0) is 4.79 Å². The first kappa shape index (κ1) is 17.2. The third-order valence-corrected chi connectivity index (χ3v) is 5.20. The van der Waals surface area contributed by atoms with Crippen LogP contribution < -0.4 is 5.32 Å². The fourth-order valence-electron chi connectivity index (χ4n) is 3.42. The summed E-state index contributed by atoms with van der Waals surface area (Å²) in [6.07, 6.45) is 5.21. The molecule has 1 aliphatic carbocycles. The van der Waals surface area contributed by atoms with Crippen molar-refractivity contribution in [2.75, 3.05) is 13.1 Å². The minimum atomic E-state index is 0. The van der Waals surface area contributed by atoms with Crippen molar-refractivity contribution in [3.63, 3.8) is 0 Å². The first-order valence-electron chi connectivity index (χ1n) is 8.56. The normalized spacial score (nSPS) is 22.0. The maximum absolute atomic E-state index is 12.3. The van der Waals surface area contributed by atoms with Crippen LogP contribution in [0.4, 0.5) is 0 Å². The van der Waals surface area contributed by atoms with Gasteiger partial charge in [-0.15, -0.1) is 0 Å². The maximum Gasteiger partial charge on any atom is 0.266 e. The van der Waals surface area contributed by atoms with Crippen molar-refractivity contribution in [3.05, 3.63) is 47.7 Å². The lowest BCUT2D eigenvalue weighted by atomic mass is 10.00. The first-order valence-corrected chi connectivity index (χ1v) is 8.56. The highest BCUT2D eigenvalue weighted by Gasteiger charge is 2.34. The molecular formula is C19H25N3OS. The van der Waals surface area contributed by atoms with E-state index in [-0.39, 0.29) is 25.4 Å². The molecule has 0 radical (unpaired) electrons. The minimum absolute atomic E-state index is 0. The highest BCUT2D eigenvalue weighted by molar-refractivity contribution is 7.59. The molecule has 0 spiro atoms. The van der Waals surface area contributed by atoms with Gasteiger partial charge in [0.15, 0.2) is 0 Å². The van der Waals surface area contributed by atoms with Gasteiger partial charge in [0.05, 0.1) is 6.04 Å². The summed E-state index contributed by atoms with van der Waals surface area (Å²) >= 11 is 0. The lowest BCUT2D eigenvalue weighted by Gasteiger charge is -2.43. The molecule has 0 unspecified atom stereocenters. The van der Waals surface area contributed by atoms with E-state index in [1.165, 1.54) is 24.0 Å². The van der Waals surface area contributed by atoms with E-state index in [9.17, 15) is 4.79 Å². The number of carbonyl (C=O) groups is 1. The molecule has 128 valence electrons. The maximum atomic E-state index is 12.3. The van der Waals surface area contributed by atoms with E-state index < -0.39 is 0 Å². The Balaban J connectivity index is 0.00000169. The van der Waals surface area contributed by atoms with E-state index >= 15 is 0 Å². The van der Waals surface area contributed by atoms with E-state index in [1.807, 2.05) is 12.3 Å². The molecule has 2 fully saturated rings. The molecule has 1 aromatic rings. The van der Waals surface area contributed by atoms with Gasteiger partial charge in [0.2, 0.25) is 0 Å². The van der Waals surface area contributed by atoms with Gasteiger partial charge in [-0.1, -0.05) is 30.3 Å². The predicted octanol–water partition coefficient (Wildman–Crippen LogP) is 2.80. The summed E-state index contributed by atoms with van der Waals surface area (Å²) in [6.45, 7) is 4.05. The number of likely N-dealkylation sites (tertiary alicyclic amines) is 1.